The summed E-state index contributed by atoms with van der Waals surface area (Å²) >= 11 is 0. The Morgan fingerprint density at radius 2 is 2.12 bits per heavy atom. The molecule has 1 aliphatic rings. The minimum absolute atomic E-state index is 0.0458. The highest BCUT2D eigenvalue weighted by atomic mass is 19.4. The summed E-state index contributed by atoms with van der Waals surface area (Å²) in [6.45, 7) is 3.19. The first-order valence-electron chi connectivity index (χ1n) is 5.58. The van der Waals surface area contributed by atoms with E-state index in [9.17, 15) is 13.2 Å². The molecule has 1 aliphatic heterocycles. The van der Waals surface area contributed by atoms with Crippen molar-refractivity contribution in [1.82, 2.24) is 0 Å². The molecule has 0 bridgehead atoms. The van der Waals surface area contributed by atoms with Crippen LogP contribution in [0.25, 0.3) is 0 Å². The number of halogens is 3. The van der Waals surface area contributed by atoms with Crippen LogP contribution in [-0.2, 0) is 12.6 Å². The van der Waals surface area contributed by atoms with Gasteiger partial charge in [-0.15, -0.1) is 0 Å². The maximum absolute atomic E-state index is 12.6. The summed E-state index contributed by atoms with van der Waals surface area (Å²) in [5.41, 5.74) is 6.75. The molecule has 94 valence electrons. The zero-order valence-corrected chi connectivity index (χ0v) is 9.59. The molecule has 0 saturated heterocycles. The second-order valence-electron chi connectivity index (χ2n) is 4.51. The molecule has 0 fully saturated rings. The highest BCUT2D eigenvalue weighted by Crippen LogP contribution is 2.35. The molecule has 0 saturated carbocycles. The first kappa shape index (κ1) is 12.2. The van der Waals surface area contributed by atoms with Gasteiger partial charge in [-0.3, -0.25) is 0 Å². The fourth-order valence-electron chi connectivity index (χ4n) is 2.16. The second-order valence-corrected chi connectivity index (χ2v) is 4.51. The third-order valence-electron chi connectivity index (χ3n) is 2.91. The van der Waals surface area contributed by atoms with Crippen LogP contribution >= 0.6 is 0 Å². The monoisotopic (exact) mass is 244 g/mol. The maximum atomic E-state index is 12.6. The van der Waals surface area contributed by atoms with Crippen molar-refractivity contribution < 1.29 is 13.2 Å². The van der Waals surface area contributed by atoms with Crippen molar-refractivity contribution in [2.45, 2.75) is 25.6 Å². The van der Waals surface area contributed by atoms with E-state index in [1.54, 1.807) is 6.07 Å². The summed E-state index contributed by atoms with van der Waals surface area (Å²) in [5.74, 6) is 0. The van der Waals surface area contributed by atoms with Crippen molar-refractivity contribution in [3.8, 4) is 0 Å². The Bertz CT molecular complexity index is 413. The first-order chi connectivity index (χ1) is 7.88. The molecule has 1 aromatic carbocycles. The van der Waals surface area contributed by atoms with Crippen LogP contribution in [0.15, 0.2) is 18.2 Å². The largest absolute Gasteiger partial charge is 0.416 e. The Kier molecular flexibility index (Phi) is 3.03. The number of anilines is 1. The van der Waals surface area contributed by atoms with Crippen LogP contribution in [0.4, 0.5) is 18.9 Å². The Balaban J connectivity index is 2.31. The molecule has 1 heterocycles. The molecule has 0 radical (unpaired) electrons. The van der Waals surface area contributed by atoms with E-state index in [1.807, 2.05) is 11.8 Å². The van der Waals surface area contributed by atoms with Gasteiger partial charge in [0.1, 0.15) is 0 Å². The van der Waals surface area contributed by atoms with Crippen LogP contribution in [0, 0.1) is 0 Å². The van der Waals surface area contributed by atoms with E-state index in [4.69, 9.17) is 5.73 Å². The van der Waals surface area contributed by atoms with Gasteiger partial charge in [0.25, 0.3) is 0 Å². The molecule has 0 spiro atoms. The highest BCUT2D eigenvalue weighted by Gasteiger charge is 2.32. The highest BCUT2D eigenvalue weighted by molar-refractivity contribution is 5.60. The molecule has 5 heteroatoms. The van der Waals surface area contributed by atoms with Gasteiger partial charge in [0.2, 0.25) is 0 Å². The van der Waals surface area contributed by atoms with Crippen LogP contribution in [-0.4, -0.2) is 19.1 Å². The SMILES string of the molecule is C[C@@H](N)CN1CCc2ccc(C(F)(F)F)cc21. The predicted molar refractivity (Wildman–Crippen MR) is 61.0 cm³/mol. The molecule has 2 rings (SSSR count). The lowest BCUT2D eigenvalue weighted by molar-refractivity contribution is -0.137. The Morgan fingerprint density at radius 1 is 1.41 bits per heavy atom. The number of hydrogen-bond donors (Lipinski definition) is 1. The lowest BCUT2D eigenvalue weighted by atomic mass is 10.1. The number of alkyl halides is 3. The quantitative estimate of drug-likeness (QED) is 0.865. The average molecular weight is 244 g/mol. The van der Waals surface area contributed by atoms with Gasteiger partial charge in [-0.2, -0.15) is 13.2 Å². The Labute approximate surface area is 98.2 Å². The third kappa shape index (κ3) is 2.54. The maximum Gasteiger partial charge on any atom is 0.416 e. The molecule has 17 heavy (non-hydrogen) atoms. The van der Waals surface area contributed by atoms with Gasteiger partial charge < -0.3 is 10.6 Å². The Hall–Kier alpha value is -1.23. The molecule has 0 aromatic heterocycles. The molecule has 0 amide bonds. The minimum Gasteiger partial charge on any atom is -0.369 e. The molecular formula is C12H15F3N2. The molecule has 2 N–H and O–H groups in total. The molecule has 0 unspecified atom stereocenters. The van der Waals surface area contributed by atoms with E-state index in [0.717, 1.165) is 24.6 Å². The summed E-state index contributed by atoms with van der Waals surface area (Å²) in [7, 11) is 0. The van der Waals surface area contributed by atoms with E-state index >= 15 is 0 Å². The summed E-state index contributed by atoms with van der Waals surface area (Å²) < 4.78 is 37.8. The van der Waals surface area contributed by atoms with Gasteiger partial charge >= 0.3 is 6.18 Å². The van der Waals surface area contributed by atoms with Gasteiger partial charge in [-0.1, -0.05) is 6.07 Å². The standard InChI is InChI=1S/C12H15F3N2/c1-8(16)7-17-5-4-9-2-3-10(6-11(9)17)12(13,14)15/h2-3,6,8H,4-5,7,16H2,1H3/t8-/m1/s1. The summed E-state index contributed by atoms with van der Waals surface area (Å²) in [4.78, 5) is 1.93. The third-order valence-corrected chi connectivity index (χ3v) is 2.91. The minimum atomic E-state index is -4.28. The van der Waals surface area contributed by atoms with Crippen LogP contribution in [0.2, 0.25) is 0 Å². The van der Waals surface area contributed by atoms with Crippen LogP contribution in [0.1, 0.15) is 18.1 Å². The fraction of sp³-hybridized carbons (Fsp3) is 0.500. The molecule has 1 aromatic rings. The fourth-order valence-corrected chi connectivity index (χ4v) is 2.16. The summed E-state index contributed by atoms with van der Waals surface area (Å²) in [5, 5.41) is 0. The average Bonchev–Trinajstić information content (AvgIpc) is 2.59. The normalized spacial score (nSPS) is 17.1. The van der Waals surface area contributed by atoms with Crippen LogP contribution in [0.5, 0.6) is 0 Å². The van der Waals surface area contributed by atoms with Gasteiger partial charge in [-0.25, -0.2) is 0 Å². The topological polar surface area (TPSA) is 29.3 Å². The first-order valence-corrected chi connectivity index (χ1v) is 5.58. The zero-order valence-electron chi connectivity index (χ0n) is 9.59. The van der Waals surface area contributed by atoms with E-state index < -0.39 is 11.7 Å². The van der Waals surface area contributed by atoms with Crippen molar-refractivity contribution in [2.75, 3.05) is 18.0 Å². The van der Waals surface area contributed by atoms with E-state index in [1.165, 1.54) is 6.07 Å². The van der Waals surface area contributed by atoms with Gasteiger partial charge in [0.05, 0.1) is 5.56 Å². The molecular weight excluding hydrogens is 229 g/mol. The Morgan fingerprint density at radius 3 is 2.71 bits per heavy atom. The van der Waals surface area contributed by atoms with Crippen LogP contribution in [0.3, 0.4) is 0 Å². The lowest BCUT2D eigenvalue weighted by Gasteiger charge is -2.22. The lowest BCUT2D eigenvalue weighted by Crippen LogP contribution is -2.34. The van der Waals surface area contributed by atoms with Gasteiger partial charge in [-0.05, 0) is 31.0 Å². The van der Waals surface area contributed by atoms with Crippen molar-refractivity contribution in [2.24, 2.45) is 5.73 Å². The second kappa shape index (κ2) is 4.22. The van der Waals surface area contributed by atoms with Gasteiger partial charge in [0.15, 0.2) is 0 Å². The molecule has 2 nitrogen and oxygen atoms in total. The van der Waals surface area contributed by atoms with Crippen molar-refractivity contribution in [3.63, 3.8) is 0 Å². The van der Waals surface area contributed by atoms with E-state index in [2.05, 4.69) is 0 Å². The van der Waals surface area contributed by atoms with E-state index in [-0.39, 0.29) is 6.04 Å². The number of rotatable bonds is 2. The van der Waals surface area contributed by atoms with Gasteiger partial charge in [0, 0.05) is 24.8 Å². The van der Waals surface area contributed by atoms with E-state index in [0.29, 0.717) is 12.2 Å². The van der Waals surface area contributed by atoms with Crippen molar-refractivity contribution in [3.05, 3.63) is 29.3 Å². The predicted octanol–water partition coefficient (Wildman–Crippen LogP) is 2.42. The molecule has 0 aliphatic carbocycles. The number of nitrogens with two attached hydrogens (primary N) is 1. The number of fused-ring (bicyclic) bond motifs is 1. The smallest absolute Gasteiger partial charge is 0.369 e. The zero-order chi connectivity index (χ0) is 12.6. The van der Waals surface area contributed by atoms with Crippen molar-refractivity contribution in [1.29, 1.82) is 0 Å². The molecule has 1 atom stereocenters. The number of nitrogens with zero attached hydrogens (tertiary/aromatic N) is 1. The van der Waals surface area contributed by atoms with Crippen LogP contribution < -0.4 is 10.6 Å². The summed E-state index contributed by atoms with van der Waals surface area (Å²) in [6.07, 6.45) is -3.49. The number of hydrogen-bond acceptors (Lipinski definition) is 2. The number of benzene rings is 1. The van der Waals surface area contributed by atoms with Crippen molar-refractivity contribution >= 4 is 5.69 Å². The summed E-state index contributed by atoms with van der Waals surface area (Å²) in [6, 6.07) is 3.90.